The van der Waals surface area contributed by atoms with Gasteiger partial charge in [0, 0.05) is 0 Å². The second kappa shape index (κ2) is 4.71. The second-order valence-electron chi connectivity index (χ2n) is 3.38. The molecule has 84 valence electrons. The van der Waals surface area contributed by atoms with E-state index in [1.807, 2.05) is 19.9 Å². The zero-order valence-electron chi connectivity index (χ0n) is 8.92. The Morgan fingerprint density at radius 3 is 2.75 bits per heavy atom. The molecular weight excluding hydrogens is 338 g/mol. The third kappa shape index (κ3) is 2.08. The lowest BCUT2D eigenvalue weighted by Gasteiger charge is -2.05. The summed E-state index contributed by atoms with van der Waals surface area (Å²) in [6, 6.07) is 1.89. The number of rotatable bonds is 2. The lowest BCUT2D eigenvalue weighted by Crippen LogP contribution is -1.99. The number of furan rings is 1. The first-order valence-corrected chi connectivity index (χ1v) is 6.35. The Bertz CT molecular complexity index is 525. The number of aryl methyl sites for hydroxylation is 2. The molecule has 0 N–H and O–H groups in total. The molecule has 5 heteroatoms. The van der Waals surface area contributed by atoms with E-state index in [-0.39, 0.29) is 0 Å². The van der Waals surface area contributed by atoms with Crippen molar-refractivity contribution in [2.75, 3.05) is 0 Å². The van der Waals surface area contributed by atoms with Gasteiger partial charge in [-0.15, -0.1) is 0 Å². The van der Waals surface area contributed by atoms with Crippen molar-refractivity contribution in [1.82, 2.24) is 9.97 Å². The van der Waals surface area contributed by atoms with Crippen LogP contribution < -0.4 is 0 Å². The van der Waals surface area contributed by atoms with E-state index in [9.17, 15) is 0 Å². The van der Waals surface area contributed by atoms with Crippen LogP contribution in [-0.2, 0) is 6.42 Å². The van der Waals surface area contributed by atoms with Gasteiger partial charge in [0.15, 0.2) is 11.6 Å². The van der Waals surface area contributed by atoms with Gasteiger partial charge in [-0.25, -0.2) is 9.97 Å². The number of nitrogens with zero attached hydrogens (tertiary/aromatic N) is 2. The molecule has 0 atom stereocenters. The molecular formula is C11H10ClIN2O. The van der Waals surface area contributed by atoms with Crippen LogP contribution in [0.1, 0.15) is 18.2 Å². The molecule has 2 rings (SSSR count). The predicted octanol–water partition coefficient (Wildman–Crippen LogP) is 3.87. The highest BCUT2D eigenvalue weighted by molar-refractivity contribution is 14.1. The minimum Gasteiger partial charge on any atom is -0.461 e. The SMILES string of the molecule is CCc1nc(-c2occc2C)nc(Cl)c1I. The van der Waals surface area contributed by atoms with E-state index in [4.69, 9.17) is 16.0 Å². The number of halogens is 2. The van der Waals surface area contributed by atoms with Crippen LogP contribution in [0.4, 0.5) is 0 Å². The Balaban J connectivity index is 2.59. The van der Waals surface area contributed by atoms with Crippen molar-refractivity contribution in [3.05, 3.63) is 32.3 Å². The third-order valence-corrected chi connectivity index (χ3v) is 4.01. The van der Waals surface area contributed by atoms with Gasteiger partial charge >= 0.3 is 0 Å². The van der Waals surface area contributed by atoms with E-state index in [2.05, 4.69) is 32.6 Å². The van der Waals surface area contributed by atoms with Gasteiger partial charge in [0.1, 0.15) is 5.15 Å². The summed E-state index contributed by atoms with van der Waals surface area (Å²) in [6.07, 6.45) is 2.46. The summed E-state index contributed by atoms with van der Waals surface area (Å²) >= 11 is 8.23. The van der Waals surface area contributed by atoms with Crippen LogP contribution in [0.3, 0.4) is 0 Å². The Labute approximate surface area is 112 Å². The number of hydrogen-bond donors (Lipinski definition) is 0. The topological polar surface area (TPSA) is 38.9 Å². The molecule has 16 heavy (non-hydrogen) atoms. The maximum Gasteiger partial charge on any atom is 0.197 e. The van der Waals surface area contributed by atoms with E-state index >= 15 is 0 Å². The van der Waals surface area contributed by atoms with Crippen LogP contribution in [0, 0.1) is 10.5 Å². The quantitative estimate of drug-likeness (QED) is 0.611. The highest BCUT2D eigenvalue weighted by Gasteiger charge is 2.14. The fraction of sp³-hybridized carbons (Fsp3) is 0.273. The van der Waals surface area contributed by atoms with Gasteiger partial charge in [0.2, 0.25) is 0 Å². The van der Waals surface area contributed by atoms with Gasteiger partial charge < -0.3 is 4.42 Å². The summed E-state index contributed by atoms with van der Waals surface area (Å²) in [5.41, 5.74) is 1.96. The van der Waals surface area contributed by atoms with Crippen LogP contribution in [-0.4, -0.2) is 9.97 Å². The van der Waals surface area contributed by atoms with Gasteiger partial charge in [-0.3, -0.25) is 0 Å². The fourth-order valence-electron chi connectivity index (χ4n) is 1.40. The van der Waals surface area contributed by atoms with Crippen LogP contribution in [0.25, 0.3) is 11.6 Å². The molecule has 2 heterocycles. The lowest BCUT2D eigenvalue weighted by molar-refractivity contribution is 0.575. The molecule has 0 aliphatic carbocycles. The second-order valence-corrected chi connectivity index (χ2v) is 4.82. The molecule has 0 aromatic carbocycles. The highest BCUT2D eigenvalue weighted by atomic mass is 127. The predicted molar refractivity (Wildman–Crippen MR) is 71.6 cm³/mol. The molecule has 0 unspecified atom stereocenters. The maximum absolute atomic E-state index is 6.07. The Morgan fingerprint density at radius 1 is 1.44 bits per heavy atom. The van der Waals surface area contributed by atoms with Crippen LogP contribution >= 0.6 is 34.2 Å². The molecule has 0 saturated heterocycles. The van der Waals surface area contributed by atoms with Gasteiger partial charge in [-0.05, 0) is 47.6 Å². The molecule has 0 saturated carbocycles. The summed E-state index contributed by atoms with van der Waals surface area (Å²) in [5.74, 6) is 1.25. The summed E-state index contributed by atoms with van der Waals surface area (Å²) in [6.45, 7) is 4.00. The van der Waals surface area contributed by atoms with Crippen molar-refractivity contribution in [2.45, 2.75) is 20.3 Å². The normalized spacial score (nSPS) is 10.8. The van der Waals surface area contributed by atoms with E-state index in [0.717, 1.165) is 21.2 Å². The molecule has 3 nitrogen and oxygen atoms in total. The third-order valence-electron chi connectivity index (χ3n) is 2.28. The average Bonchev–Trinajstić information content (AvgIpc) is 2.68. The number of hydrogen-bond acceptors (Lipinski definition) is 3. The van der Waals surface area contributed by atoms with Crippen LogP contribution in [0.15, 0.2) is 16.7 Å². The summed E-state index contributed by atoms with van der Waals surface area (Å²) in [7, 11) is 0. The van der Waals surface area contributed by atoms with Crippen molar-refractivity contribution in [2.24, 2.45) is 0 Å². The molecule has 0 bridgehead atoms. The maximum atomic E-state index is 6.07. The molecule has 2 aromatic heterocycles. The summed E-state index contributed by atoms with van der Waals surface area (Å²) in [5, 5.41) is 0.484. The molecule has 0 fully saturated rings. The zero-order valence-corrected chi connectivity index (χ0v) is 11.8. The largest absolute Gasteiger partial charge is 0.461 e. The van der Waals surface area contributed by atoms with E-state index in [0.29, 0.717) is 16.7 Å². The molecule has 0 radical (unpaired) electrons. The molecule has 0 aliphatic heterocycles. The molecule has 0 amide bonds. The highest BCUT2D eigenvalue weighted by Crippen LogP contribution is 2.26. The van der Waals surface area contributed by atoms with Gasteiger partial charge in [0.05, 0.1) is 15.5 Å². The van der Waals surface area contributed by atoms with Crippen molar-refractivity contribution >= 4 is 34.2 Å². The first kappa shape index (κ1) is 11.9. The van der Waals surface area contributed by atoms with Crippen molar-refractivity contribution in [1.29, 1.82) is 0 Å². The van der Waals surface area contributed by atoms with Crippen LogP contribution in [0.5, 0.6) is 0 Å². The van der Waals surface area contributed by atoms with Crippen molar-refractivity contribution in [3.63, 3.8) is 0 Å². The summed E-state index contributed by atoms with van der Waals surface area (Å²) < 4.78 is 6.27. The molecule has 0 aliphatic rings. The average molecular weight is 349 g/mol. The summed E-state index contributed by atoms with van der Waals surface area (Å²) in [4.78, 5) is 8.70. The van der Waals surface area contributed by atoms with Crippen molar-refractivity contribution < 1.29 is 4.42 Å². The Morgan fingerprint density at radius 2 is 2.19 bits per heavy atom. The minimum absolute atomic E-state index is 0.484. The van der Waals surface area contributed by atoms with E-state index in [1.165, 1.54) is 0 Å². The smallest absolute Gasteiger partial charge is 0.197 e. The van der Waals surface area contributed by atoms with E-state index in [1.54, 1.807) is 6.26 Å². The number of aromatic nitrogens is 2. The Hall–Kier alpha value is -0.620. The van der Waals surface area contributed by atoms with Crippen molar-refractivity contribution in [3.8, 4) is 11.6 Å². The first-order valence-electron chi connectivity index (χ1n) is 4.89. The van der Waals surface area contributed by atoms with Crippen LogP contribution in [0.2, 0.25) is 5.15 Å². The van der Waals surface area contributed by atoms with Gasteiger partial charge in [0.25, 0.3) is 0 Å². The van der Waals surface area contributed by atoms with Gasteiger partial charge in [-0.2, -0.15) is 0 Å². The van der Waals surface area contributed by atoms with E-state index < -0.39 is 0 Å². The van der Waals surface area contributed by atoms with Gasteiger partial charge in [-0.1, -0.05) is 18.5 Å². The standard InChI is InChI=1S/C11H10ClIN2O/c1-3-7-8(13)10(12)15-11(14-7)9-6(2)4-5-16-9/h4-5H,3H2,1-2H3. The lowest BCUT2D eigenvalue weighted by atomic mass is 10.2. The monoisotopic (exact) mass is 348 g/mol. The zero-order chi connectivity index (χ0) is 11.7. The molecule has 2 aromatic rings. The Kier molecular flexibility index (Phi) is 3.49. The first-order chi connectivity index (χ1) is 7.63. The fourth-order valence-corrected chi connectivity index (χ4v) is 2.21. The molecule has 0 spiro atoms. The minimum atomic E-state index is 0.484.